The predicted molar refractivity (Wildman–Crippen MR) is 70.8 cm³/mol. The monoisotopic (exact) mass is 266 g/mol. The van der Waals surface area contributed by atoms with Gasteiger partial charge in [-0.2, -0.15) is 0 Å². The molecule has 19 heavy (non-hydrogen) atoms. The highest BCUT2D eigenvalue weighted by Crippen LogP contribution is 2.40. The molecule has 0 bridgehead atoms. The minimum Gasteiger partial charge on any atom is -0.478 e. The number of nitrogens with one attached hydrogen (secondary N) is 1. The summed E-state index contributed by atoms with van der Waals surface area (Å²) in [5, 5.41) is 11.9. The molecule has 1 aromatic heterocycles. The van der Waals surface area contributed by atoms with Crippen LogP contribution in [0, 0.1) is 11.2 Å². The van der Waals surface area contributed by atoms with Gasteiger partial charge >= 0.3 is 5.97 Å². The van der Waals surface area contributed by atoms with E-state index >= 15 is 0 Å². The number of nitrogens with zero attached hydrogens (tertiary/aromatic N) is 1. The van der Waals surface area contributed by atoms with E-state index in [1.54, 1.807) is 0 Å². The van der Waals surface area contributed by atoms with Crippen LogP contribution in [0.3, 0.4) is 0 Å². The number of carboxylic acid groups (broad SMARTS) is 1. The number of carbonyl (C=O) groups is 1. The second-order valence-electron chi connectivity index (χ2n) is 5.24. The lowest BCUT2D eigenvalue weighted by Crippen LogP contribution is -2.26. The van der Waals surface area contributed by atoms with E-state index in [1.807, 2.05) is 0 Å². The Morgan fingerprint density at radius 1 is 1.53 bits per heavy atom. The lowest BCUT2D eigenvalue weighted by Gasteiger charge is -2.28. The van der Waals surface area contributed by atoms with E-state index in [4.69, 9.17) is 5.11 Å². The van der Waals surface area contributed by atoms with Crippen LogP contribution in [0.15, 0.2) is 12.3 Å². The number of hydrogen-bond donors (Lipinski definition) is 2. The average Bonchev–Trinajstić information content (AvgIpc) is 2.87. The van der Waals surface area contributed by atoms with Gasteiger partial charge in [0, 0.05) is 12.7 Å². The highest BCUT2D eigenvalue weighted by Gasteiger charge is 2.32. The van der Waals surface area contributed by atoms with Gasteiger partial charge in [0.2, 0.25) is 0 Å². The van der Waals surface area contributed by atoms with Gasteiger partial charge in [-0.3, -0.25) is 0 Å². The van der Waals surface area contributed by atoms with Crippen molar-refractivity contribution in [3.05, 3.63) is 23.6 Å². The first-order chi connectivity index (χ1) is 9.08. The number of carboxylic acids is 1. The number of aromatic carboxylic acids is 1. The van der Waals surface area contributed by atoms with E-state index in [2.05, 4.69) is 17.2 Å². The fraction of sp³-hybridized carbons (Fsp3) is 0.571. The summed E-state index contributed by atoms with van der Waals surface area (Å²) in [6, 6.07) is 1.17. The molecule has 104 valence electrons. The number of halogens is 1. The molecule has 1 aliphatic carbocycles. The Morgan fingerprint density at radius 2 is 2.21 bits per heavy atom. The van der Waals surface area contributed by atoms with E-state index in [0.717, 1.165) is 19.3 Å². The largest absolute Gasteiger partial charge is 0.478 e. The van der Waals surface area contributed by atoms with Crippen LogP contribution in [0.5, 0.6) is 0 Å². The zero-order valence-corrected chi connectivity index (χ0v) is 11.1. The van der Waals surface area contributed by atoms with E-state index in [9.17, 15) is 9.18 Å². The molecule has 0 saturated heterocycles. The average molecular weight is 266 g/mol. The fourth-order valence-corrected chi connectivity index (χ4v) is 2.78. The molecule has 0 aromatic carbocycles. The molecule has 2 N–H and O–H groups in total. The van der Waals surface area contributed by atoms with Gasteiger partial charge in [0.1, 0.15) is 5.56 Å². The first-order valence-electron chi connectivity index (χ1n) is 6.70. The molecule has 0 amide bonds. The van der Waals surface area contributed by atoms with Gasteiger partial charge in [-0.05, 0) is 30.7 Å². The van der Waals surface area contributed by atoms with Crippen molar-refractivity contribution in [3.63, 3.8) is 0 Å². The van der Waals surface area contributed by atoms with Gasteiger partial charge in [0.15, 0.2) is 11.6 Å². The van der Waals surface area contributed by atoms with Crippen molar-refractivity contribution in [2.45, 2.75) is 39.0 Å². The van der Waals surface area contributed by atoms with Crippen LogP contribution in [0.4, 0.5) is 10.2 Å². The van der Waals surface area contributed by atoms with Gasteiger partial charge in [-0.25, -0.2) is 14.2 Å². The third-order valence-electron chi connectivity index (χ3n) is 4.16. The van der Waals surface area contributed by atoms with Gasteiger partial charge in [-0.1, -0.05) is 19.8 Å². The molecule has 4 nitrogen and oxygen atoms in total. The van der Waals surface area contributed by atoms with Crippen LogP contribution in [0.1, 0.15) is 49.4 Å². The maximum atomic E-state index is 13.9. The Hall–Kier alpha value is -1.65. The van der Waals surface area contributed by atoms with Crippen molar-refractivity contribution in [1.82, 2.24) is 4.98 Å². The lowest BCUT2D eigenvalue weighted by molar-refractivity contribution is 0.0692. The molecule has 1 saturated carbocycles. The molecule has 0 spiro atoms. The summed E-state index contributed by atoms with van der Waals surface area (Å²) in [6.07, 6.45) is 7.05. The Kier molecular flexibility index (Phi) is 4.02. The number of hydrogen-bond acceptors (Lipinski definition) is 3. The van der Waals surface area contributed by atoms with Crippen molar-refractivity contribution in [1.29, 1.82) is 0 Å². The molecule has 1 fully saturated rings. The molecule has 1 aromatic rings. The predicted octanol–water partition coefficient (Wildman–Crippen LogP) is 3.30. The standard InChI is InChI=1S/C14H19FN2O2/c1-2-14(6-3-4-7-14)9-17-12-11(15)10(13(18)19)5-8-16-12/h5,8H,2-4,6-7,9H2,1H3,(H,16,17)(H,18,19). The second-order valence-corrected chi connectivity index (χ2v) is 5.24. The zero-order chi connectivity index (χ0) is 13.9. The van der Waals surface area contributed by atoms with E-state index in [1.165, 1.54) is 25.1 Å². The molecular weight excluding hydrogens is 247 g/mol. The summed E-state index contributed by atoms with van der Waals surface area (Å²) in [6.45, 7) is 2.79. The van der Waals surface area contributed by atoms with Crippen LogP contribution in [0.2, 0.25) is 0 Å². The molecule has 1 heterocycles. The normalized spacial score (nSPS) is 17.4. The van der Waals surface area contributed by atoms with Gasteiger partial charge in [-0.15, -0.1) is 0 Å². The van der Waals surface area contributed by atoms with E-state index in [0.29, 0.717) is 6.54 Å². The van der Waals surface area contributed by atoms with Gasteiger partial charge in [0.05, 0.1) is 0 Å². The van der Waals surface area contributed by atoms with Crippen molar-refractivity contribution in [2.24, 2.45) is 5.41 Å². The summed E-state index contributed by atoms with van der Waals surface area (Å²) >= 11 is 0. The first-order valence-corrected chi connectivity index (χ1v) is 6.70. The summed E-state index contributed by atoms with van der Waals surface area (Å²) in [5.74, 6) is -2.01. The number of aromatic nitrogens is 1. The molecular formula is C14H19FN2O2. The Bertz CT molecular complexity index is 471. The van der Waals surface area contributed by atoms with Crippen LogP contribution >= 0.6 is 0 Å². The minimum absolute atomic E-state index is 0.0413. The summed E-state index contributed by atoms with van der Waals surface area (Å²) < 4.78 is 13.9. The molecule has 0 aliphatic heterocycles. The zero-order valence-electron chi connectivity index (χ0n) is 11.1. The van der Waals surface area contributed by atoms with Crippen LogP contribution < -0.4 is 5.32 Å². The Morgan fingerprint density at radius 3 is 2.79 bits per heavy atom. The highest BCUT2D eigenvalue weighted by molar-refractivity contribution is 5.88. The second kappa shape index (κ2) is 5.55. The van der Waals surface area contributed by atoms with Crippen LogP contribution in [-0.2, 0) is 0 Å². The lowest BCUT2D eigenvalue weighted by atomic mass is 9.83. The highest BCUT2D eigenvalue weighted by atomic mass is 19.1. The molecule has 0 unspecified atom stereocenters. The molecule has 0 radical (unpaired) electrons. The topological polar surface area (TPSA) is 62.2 Å². The van der Waals surface area contributed by atoms with Gasteiger partial charge in [0.25, 0.3) is 0 Å². The summed E-state index contributed by atoms with van der Waals surface area (Å²) in [4.78, 5) is 14.8. The third-order valence-corrected chi connectivity index (χ3v) is 4.16. The van der Waals surface area contributed by atoms with E-state index in [-0.39, 0.29) is 16.8 Å². The first kappa shape index (κ1) is 13.8. The maximum absolute atomic E-state index is 13.9. The smallest absolute Gasteiger partial charge is 0.338 e. The molecule has 5 heteroatoms. The molecule has 1 aliphatic rings. The molecule has 0 atom stereocenters. The third kappa shape index (κ3) is 2.85. The summed E-state index contributed by atoms with van der Waals surface area (Å²) in [7, 11) is 0. The Labute approximate surface area is 112 Å². The SMILES string of the molecule is CCC1(CNc2nccc(C(=O)O)c2F)CCCC1. The van der Waals surface area contributed by atoms with Crippen LogP contribution in [-0.4, -0.2) is 22.6 Å². The minimum atomic E-state index is -1.27. The van der Waals surface area contributed by atoms with Crippen molar-refractivity contribution in [3.8, 4) is 0 Å². The fourth-order valence-electron chi connectivity index (χ4n) is 2.78. The van der Waals surface area contributed by atoms with Crippen LogP contribution in [0.25, 0.3) is 0 Å². The summed E-state index contributed by atoms with van der Waals surface area (Å²) in [5.41, 5.74) is -0.137. The van der Waals surface area contributed by atoms with Crippen molar-refractivity contribution >= 4 is 11.8 Å². The molecule has 2 rings (SSSR count). The quantitative estimate of drug-likeness (QED) is 0.858. The maximum Gasteiger partial charge on any atom is 0.338 e. The number of pyridine rings is 1. The van der Waals surface area contributed by atoms with Gasteiger partial charge < -0.3 is 10.4 Å². The Balaban J connectivity index is 2.11. The van der Waals surface area contributed by atoms with Crippen molar-refractivity contribution < 1.29 is 14.3 Å². The number of anilines is 1. The number of rotatable bonds is 5. The van der Waals surface area contributed by atoms with Crippen molar-refractivity contribution in [2.75, 3.05) is 11.9 Å². The van der Waals surface area contributed by atoms with E-state index < -0.39 is 11.8 Å².